The molecule has 3 rings (SSSR count). The highest BCUT2D eigenvalue weighted by molar-refractivity contribution is 7.98. The molecule has 24 heavy (non-hydrogen) atoms. The minimum absolute atomic E-state index is 0.118. The molecule has 0 radical (unpaired) electrons. The van der Waals surface area contributed by atoms with Crippen LogP contribution in [0.5, 0.6) is 0 Å². The molecule has 0 aliphatic carbocycles. The maximum absolute atomic E-state index is 13.9. The van der Waals surface area contributed by atoms with E-state index in [1.165, 1.54) is 23.9 Å². The number of halogens is 1. The number of nitrogens with one attached hydrogen (secondary N) is 1. The van der Waals surface area contributed by atoms with Gasteiger partial charge in [-0.2, -0.15) is 5.26 Å². The zero-order valence-electron chi connectivity index (χ0n) is 13.0. The Balaban J connectivity index is 2.22. The molecular formula is C16H15FN4O2S. The van der Waals surface area contributed by atoms with E-state index in [-0.39, 0.29) is 11.3 Å². The monoisotopic (exact) mass is 346 g/mol. The molecule has 0 amide bonds. The van der Waals surface area contributed by atoms with E-state index in [1.54, 1.807) is 12.3 Å². The van der Waals surface area contributed by atoms with E-state index >= 15 is 0 Å². The molecule has 0 atom stereocenters. The molecular weight excluding hydrogens is 331 g/mol. The quantitative estimate of drug-likeness (QED) is 0.676. The van der Waals surface area contributed by atoms with E-state index in [9.17, 15) is 14.4 Å². The Kier molecular flexibility index (Phi) is 4.83. The highest BCUT2D eigenvalue weighted by atomic mass is 32.2. The van der Waals surface area contributed by atoms with Crippen LogP contribution in [0.4, 0.5) is 10.1 Å². The summed E-state index contributed by atoms with van der Waals surface area (Å²) in [4.78, 5) is 21.1. The lowest BCUT2D eigenvalue weighted by atomic mass is 10.0. The summed E-state index contributed by atoms with van der Waals surface area (Å²) in [7, 11) is 0. The fraction of sp³-hybridized carbons (Fsp3) is 0.312. The number of nitriles is 1. The maximum atomic E-state index is 13.9. The maximum Gasteiger partial charge on any atom is 0.270 e. The van der Waals surface area contributed by atoms with Crippen LogP contribution in [0.1, 0.15) is 5.56 Å². The van der Waals surface area contributed by atoms with E-state index in [4.69, 9.17) is 4.74 Å². The third-order valence-corrected chi connectivity index (χ3v) is 4.35. The van der Waals surface area contributed by atoms with E-state index in [0.717, 1.165) is 5.69 Å². The van der Waals surface area contributed by atoms with Gasteiger partial charge in [0.05, 0.1) is 18.9 Å². The van der Waals surface area contributed by atoms with Crippen molar-refractivity contribution in [2.45, 2.75) is 5.16 Å². The first-order valence-corrected chi connectivity index (χ1v) is 8.57. The average molecular weight is 346 g/mol. The molecule has 1 N–H and O–H groups in total. The number of ether oxygens (including phenoxy) is 1. The van der Waals surface area contributed by atoms with Crippen molar-refractivity contribution in [3.05, 3.63) is 39.9 Å². The van der Waals surface area contributed by atoms with Crippen molar-refractivity contribution in [3.63, 3.8) is 0 Å². The Morgan fingerprint density at radius 1 is 1.42 bits per heavy atom. The highest BCUT2D eigenvalue weighted by Crippen LogP contribution is 2.32. The van der Waals surface area contributed by atoms with E-state index in [1.807, 2.05) is 11.0 Å². The highest BCUT2D eigenvalue weighted by Gasteiger charge is 2.21. The number of H-pyrrole nitrogens is 1. The van der Waals surface area contributed by atoms with Gasteiger partial charge in [-0.25, -0.2) is 9.37 Å². The lowest BCUT2D eigenvalue weighted by Gasteiger charge is -2.30. The van der Waals surface area contributed by atoms with Crippen LogP contribution >= 0.6 is 11.8 Å². The average Bonchev–Trinajstić information content (AvgIpc) is 2.61. The van der Waals surface area contributed by atoms with Gasteiger partial charge < -0.3 is 14.6 Å². The Hall–Kier alpha value is -2.37. The predicted octanol–water partition coefficient (Wildman–Crippen LogP) is 2.01. The van der Waals surface area contributed by atoms with Crippen LogP contribution in [0.3, 0.4) is 0 Å². The molecule has 1 fully saturated rings. The first kappa shape index (κ1) is 16.5. The van der Waals surface area contributed by atoms with Crippen LogP contribution in [0.2, 0.25) is 0 Å². The van der Waals surface area contributed by atoms with Crippen LogP contribution in [-0.2, 0) is 4.74 Å². The summed E-state index contributed by atoms with van der Waals surface area (Å²) in [6, 6.07) is 6.21. The van der Waals surface area contributed by atoms with Crippen molar-refractivity contribution < 1.29 is 9.13 Å². The number of rotatable bonds is 3. The topological polar surface area (TPSA) is 82.0 Å². The van der Waals surface area contributed by atoms with Crippen molar-refractivity contribution in [2.24, 2.45) is 0 Å². The van der Waals surface area contributed by atoms with Gasteiger partial charge in [0, 0.05) is 24.3 Å². The molecule has 2 aromatic rings. The molecule has 2 heterocycles. The molecule has 124 valence electrons. The van der Waals surface area contributed by atoms with E-state index in [2.05, 4.69) is 9.97 Å². The van der Waals surface area contributed by atoms with Crippen molar-refractivity contribution in [3.8, 4) is 17.3 Å². The summed E-state index contributed by atoms with van der Waals surface area (Å²) < 4.78 is 19.2. The van der Waals surface area contributed by atoms with Gasteiger partial charge in [-0.05, 0) is 24.5 Å². The lowest BCUT2D eigenvalue weighted by Crippen LogP contribution is -2.36. The van der Waals surface area contributed by atoms with Gasteiger partial charge in [0.25, 0.3) is 5.56 Å². The van der Waals surface area contributed by atoms with Gasteiger partial charge in [-0.1, -0.05) is 11.8 Å². The fourth-order valence-corrected chi connectivity index (χ4v) is 3.00. The third kappa shape index (κ3) is 3.13. The van der Waals surface area contributed by atoms with E-state index in [0.29, 0.717) is 37.0 Å². The Morgan fingerprint density at radius 3 is 2.83 bits per heavy atom. The number of thioether (sulfide) groups is 1. The zero-order valence-corrected chi connectivity index (χ0v) is 13.8. The first-order chi connectivity index (χ1) is 11.6. The summed E-state index contributed by atoms with van der Waals surface area (Å²) in [6.07, 6.45) is 1.77. The second-order valence-corrected chi connectivity index (χ2v) is 5.97. The molecule has 0 unspecified atom stereocenters. The number of anilines is 1. The molecule has 1 saturated heterocycles. The summed E-state index contributed by atoms with van der Waals surface area (Å²) >= 11 is 1.25. The van der Waals surface area contributed by atoms with Crippen molar-refractivity contribution in [1.82, 2.24) is 9.97 Å². The SMILES string of the molecule is CSc1nc(-c2cc(F)ccc2N2CCOCC2)c(C#N)c(=O)[nH]1. The number of benzene rings is 1. The summed E-state index contributed by atoms with van der Waals surface area (Å²) in [5, 5.41) is 9.73. The Labute approximate surface area is 142 Å². The number of morpholine rings is 1. The molecule has 1 aliphatic heterocycles. The van der Waals surface area contributed by atoms with Gasteiger partial charge in [0.2, 0.25) is 0 Å². The number of aromatic nitrogens is 2. The molecule has 1 aliphatic rings. The van der Waals surface area contributed by atoms with E-state index < -0.39 is 11.4 Å². The molecule has 8 heteroatoms. The van der Waals surface area contributed by atoms with Crippen molar-refractivity contribution in [2.75, 3.05) is 37.5 Å². The molecule has 1 aromatic heterocycles. The number of aromatic amines is 1. The second kappa shape index (κ2) is 7.03. The summed E-state index contributed by atoms with van der Waals surface area (Å²) in [5.74, 6) is -0.446. The van der Waals surface area contributed by atoms with Gasteiger partial charge in [-0.15, -0.1) is 0 Å². The van der Waals surface area contributed by atoms with Crippen LogP contribution in [0.15, 0.2) is 28.2 Å². The standard InChI is InChI=1S/C16H15FN4O2S/c1-24-16-19-14(12(9-18)15(22)20-16)11-8-10(17)2-3-13(11)21-4-6-23-7-5-21/h2-3,8H,4-7H2,1H3,(H,19,20,22). The molecule has 6 nitrogen and oxygen atoms in total. The first-order valence-electron chi connectivity index (χ1n) is 7.35. The summed E-state index contributed by atoms with van der Waals surface area (Å²) in [5.41, 5.74) is 0.736. The Bertz CT molecular complexity index is 856. The number of nitrogens with zero attached hydrogens (tertiary/aromatic N) is 3. The minimum atomic E-state index is -0.524. The van der Waals surface area contributed by atoms with Gasteiger partial charge in [0.15, 0.2) is 5.16 Å². The molecule has 0 bridgehead atoms. The van der Waals surface area contributed by atoms with Gasteiger partial charge >= 0.3 is 0 Å². The zero-order chi connectivity index (χ0) is 17.1. The molecule has 0 spiro atoms. The Morgan fingerprint density at radius 2 is 2.17 bits per heavy atom. The fourth-order valence-electron chi connectivity index (χ4n) is 2.63. The number of hydrogen-bond acceptors (Lipinski definition) is 6. The third-order valence-electron chi connectivity index (χ3n) is 3.77. The smallest absolute Gasteiger partial charge is 0.270 e. The lowest BCUT2D eigenvalue weighted by molar-refractivity contribution is 0.122. The van der Waals surface area contributed by atoms with Crippen molar-refractivity contribution >= 4 is 17.4 Å². The number of hydrogen-bond donors (Lipinski definition) is 1. The van der Waals surface area contributed by atoms with Crippen molar-refractivity contribution in [1.29, 1.82) is 5.26 Å². The summed E-state index contributed by atoms with van der Waals surface area (Å²) in [6.45, 7) is 2.44. The largest absolute Gasteiger partial charge is 0.378 e. The molecule has 1 aromatic carbocycles. The van der Waals surface area contributed by atoms with Crippen LogP contribution in [0.25, 0.3) is 11.3 Å². The van der Waals surface area contributed by atoms with Crippen LogP contribution < -0.4 is 10.5 Å². The minimum Gasteiger partial charge on any atom is -0.378 e. The predicted molar refractivity (Wildman–Crippen MR) is 89.8 cm³/mol. The van der Waals surface area contributed by atoms with Gasteiger partial charge in [0.1, 0.15) is 17.4 Å². The molecule has 0 saturated carbocycles. The van der Waals surface area contributed by atoms with Crippen LogP contribution in [-0.4, -0.2) is 42.5 Å². The second-order valence-electron chi connectivity index (χ2n) is 5.17. The van der Waals surface area contributed by atoms with Gasteiger partial charge in [-0.3, -0.25) is 4.79 Å². The van der Waals surface area contributed by atoms with Crippen LogP contribution in [0, 0.1) is 17.1 Å². The normalized spacial score (nSPS) is 14.5.